The van der Waals surface area contributed by atoms with Crippen LogP contribution in [0.2, 0.25) is 0 Å². The van der Waals surface area contributed by atoms with Crippen LogP contribution in [0.25, 0.3) is 6.08 Å². The van der Waals surface area contributed by atoms with Crippen LogP contribution in [0.3, 0.4) is 0 Å². The third kappa shape index (κ3) is 5.97. The van der Waals surface area contributed by atoms with E-state index in [1.54, 1.807) is 14.2 Å². The molecule has 0 aliphatic rings. The summed E-state index contributed by atoms with van der Waals surface area (Å²) in [6.45, 7) is 5.82. The van der Waals surface area contributed by atoms with Gasteiger partial charge in [0.2, 0.25) is 0 Å². The van der Waals surface area contributed by atoms with Crippen LogP contribution in [-0.4, -0.2) is 32.5 Å². The van der Waals surface area contributed by atoms with Crippen LogP contribution in [0.4, 0.5) is 4.79 Å². The fourth-order valence-corrected chi connectivity index (χ4v) is 2.14. The number of methoxy groups -OCH3 is 2. The van der Waals surface area contributed by atoms with Crippen molar-refractivity contribution in [3.63, 3.8) is 0 Å². The van der Waals surface area contributed by atoms with E-state index in [2.05, 4.69) is 21.2 Å². The Morgan fingerprint density at radius 3 is 2.41 bits per heavy atom. The van der Waals surface area contributed by atoms with E-state index in [0.29, 0.717) is 18.0 Å². The van der Waals surface area contributed by atoms with Gasteiger partial charge in [-0.25, -0.2) is 4.79 Å². The molecule has 5 nitrogen and oxygen atoms in total. The first kappa shape index (κ1) is 18.4. The Balaban J connectivity index is 2.68. The Morgan fingerprint density at radius 2 is 1.86 bits per heavy atom. The van der Waals surface area contributed by atoms with E-state index in [1.807, 2.05) is 45.1 Å². The zero-order valence-electron chi connectivity index (χ0n) is 13.5. The molecule has 0 saturated carbocycles. The fraction of sp³-hybridized carbons (Fsp3) is 0.438. The Labute approximate surface area is 139 Å². The van der Waals surface area contributed by atoms with Crippen molar-refractivity contribution in [1.29, 1.82) is 0 Å². The van der Waals surface area contributed by atoms with E-state index in [-0.39, 0.29) is 0 Å². The summed E-state index contributed by atoms with van der Waals surface area (Å²) in [5.74, 6) is 1.42. The molecule has 122 valence electrons. The van der Waals surface area contributed by atoms with E-state index >= 15 is 0 Å². The third-order valence-electron chi connectivity index (χ3n) is 2.56. The minimum Gasteiger partial charge on any atom is -0.496 e. The molecule has 1 amide bonds. The Kier molecular flexibility index (Phi) is 6.74. The maximum Gasteiger partial charge on any atom is 0.407 e. The van der Waals surface area contributed by atoms with E-state index in [4.69, 9.17) is 14.2 Å². The average Bonchev–Trinajstić information content (AvgIpc) is 2.42. The minimum absolute atomic E-state index is 0.358. The van der Waals surface area contributed by atoms with Crippen LogP contribution in [0, 0.1) is 0 Å². The molecule has 0 saturated heterocycles. The Morgan fingerprint density at radius 1 is 1.23 bits per heavy atom. The molecule has 0 bridgehead atoms. The molecule has 0 spiro atoms. The third-order valence-corrected chi connectivity index (χ3v) is 3.18. The summed E-state index contributed by atoms with van der Waals surface area (Å²) in [4.78, 5) is 11.5. The van der Waals surface area contributed by atoms with Gasteiger partial charge in [0.05, 0.1) is 18.7 Å². The number of nitrogens with one attached hydrogen (secondary N) is 1. The van der Waals surface area contributed by atoms with Gasteiger partial charge in [0.1, 0.15) is 17.1 Å². The lowest BCUT2D eigenvalue weighted by atomic mass is 10.1. The molecule has 0 atom stereocenters. The fourth-order valence-electron chi connectivity index (χ4n) is 1.66. The standard InChI is InChI=1S/C16H22BrNO4/c1-16(2,3)22-15(19)18-8-6-7-11-9-14(21-5)12(17)10-13(11)20-4/h6-7,9-10H,8H2,1-5H3,(H,18,19). The van der Waals surface area contributed by atoms with Gasteiger partial charge in [0.15, 0.2) is 0 Å². The molecule has 0 aliphatic heterocycles. The number of carbonyl (C=O) groups is 1. The zero-order chi connectivity index (χ0) is 16.8. The molecule has 0 unspecified atom stereocenters. The molecule has 0 aromatic heterocycles. The molecule has 0 aliphatic carbocycles. The highest BCUT2D eigenvalue weighted by Crippen LogP contribution is 2.33. The van der Waals surface area contributed by atoms with Crippen molar-refractivity contribution in [3.8, 4) is 11.5 Å². The molecule has 0 heterocycles. The van der Waals surface area contributed by atoms with E-state index in [9.17, 15) is 4.79 Å². The molecule has 1 aromatic rings. The van der Waals surface area contributed by atoms with Gasteiger partial charge >= 0.3 is 6.09 Å². The number of halogens is 1. The van der Waals surface area contributed by atoms with E-state index in [1.165, 1.54) is 0 Å². The van der Waals surface area contributed by atoms with Crippen molar-refractivity contribution in [2.75, 3.05) is 20.8 Å². The first-order valence-electron chi connectivity index (χ1n) is 6.81. The van der Waals surface area contributed by atoms with Crippen LogP contribution in [0.1, 0.15) is 26.3 Å². The molecular formula is C16H22BrNO4. The lowest BCUT2D eigenvalue weighted by Gasteiger charge is -2.19. The zero-order valence-corrected chi connectivity index (χ0v) is 15.1. The molecule has 6 heteroatoms. The maximum absolute atomic E-state index is 11.5. The van der Waals surface area contributed by atoms with Crippen LogP contribution in [-0.2, 0) is 4.74 Å². The quantitative estimate of drug-likeness (QED) is 0.849. The number of ether oxygens (including phenoxy) is 3. The summed E-state index contributed by atoms with van der Waals surface area (Å²) < 4.78 is 16.5. The van der Waals surface area contributed by atoms with Gasteiger partial charge in [-0.1, -0.05) is 12.2 Å². The van der Waals surface area contributed by atoms with Crippen molar-refractivity contribution >= 4 is 28.1 Å². The van der Waals surface area contributed by atoms with Crippen molar-refractivity contribution in [2.24, 2.45) is 0 Å². The van der Waals surface area contributed by atoms with Crippen molar-refractivity contribution in [2.45, 2.75) is 26.4 Å². The number of benzene rings is 1. The maximum atomic E-state index is 11.5. The first-order chi connectivity index (χ1) is 10.3. The van der Waals surface area contributed by atoms with Crippen molar-refractivity contribution < 1.29 is 19.0 Å². The smallest absolute Gasteiger partial charge is 0.407 e. The van der Waals surface area contributed by atoms with E-state index < -0.39 is 11.7 Å². The topological polar surface area (TPSA) is 56.8 Å². The molecular weight excluding hydrogens is 350 g/mol. The Hall–Kier alpha value is -1.69. The largest absolute Gasteiger partial charge is 0.496 e. The second kappa shape index (κ2) is 8.08. The highest BCUT2D eigenvalue weighted by molar-refractivity contribution is 9.10. The predicted molar refractivity (Wildman–Crippen MR) is 90.5 cm³/mol. The van der Waals surface area contributed by atoms with Crippen LogP contribution in [0.5, 0.6) is 11.5 Å². The summed E-state index contributed by atoms with van der Waals surface area (Å²) in [5, 5.41) is 2.66. The van der Waals surface area contributed by atoms with Gasteiger partial charge in [0, 0.05) is 12.1 Å². The lowest BCUT2D eigenvalue weighted by Crippen LogP contribution is -2.32. The summed E-state index contributed by atoms with van der Waals surface area (Å²) in [5.41, 5.74) is 0.351. The van der Waals surface area contributed by atoms with Gasteiger partial charge in [0.25, 0.3) is 0 Å². The number of carbonyl (C=O) groups excluding carboxylic acids is 1. The second-order valence-electron chi connectivity index (χ2n) is 5.51. The Bertz CT molecular complexity index is 550. The predicted octanol–water partition coefficient (Wildman–Crippen LogP) is 4.00. The van der Waals surface area contributed by atoms with Gasteiger partial charge in [-0.05, 0) is 48.8 Å². The molecule has 0 fully saturated rings. The van der Waals surface area contributed by atoms with Crippen molar-refractivity contribution in [3.05, 3.63) is 28.2 Å². The second-order valence-corrected chi connectivity index (χ2v) is 6.37. The summed E-state index contributed by atoms with van der Waals surface area (Å²) >= 11 is 3.41. The summed E-state index contributed by atoms with van der Waals surface area (Å²) in [7, 11) is 3.20. The number of amides is 1. The summed E-state index contributed by atoms with van der Waals surface area (Å²) in [6.07, 6.45) is 3.22. The first-order valence-corrected chi connectivity index (χ1v) is 7.61. The molecule has 22 heavy (non-hydrogen) atoms. The average molecular weight is 372 g/mol. The normalized spacial score (nSPS) is 11.4. The van der Waals surface area contributed by atoms with Gasteiger partial charge < -0.3 is 19.5 Å². The number of rotatable bonds is 5. The van der Waals surface area contributed by atoms with Crippen LogP contribution < -0.4 is 14.8 Å². The van der Waals surface area contributed by atoms with Crippen molar-refractivity contribution in [1.82, 2.24) is 5.32 Å². The molecule has 1 aromatic carbocycles. The van der Waals surface area contributed by atoms with Gasteiger partial charge in [-0.15, -0.1) is 0 Å². The number of hydrogen-bond acceptors (Lipinski definition) is 4. The highest BCUT2D eigenvalue weighted by Gasteiger charge is 2.15. The molecule has 1 N–H and O–H groups in total. The minimum atomic E-state index is -0.504. The van der Waals surface area contributed by atoms with Crippen LogP contribution in [0.15, 0.2) is 22.7 Å². The lowest BCUT2D eigenvalue weighted by molar-refractivity contribution is 0.0534. The van der Waals surface area contributed by atoms with Gasteiger partial charge in [-0.3, -0.25) is 0 Å². The molecule has 1 rings (SSSR count). The highest BCUT2D eigenvalue weighted by atomic mass is 79.9. The van der Waals surface area contributed by atoms with E-state index in [0.717, 1.165) is 10.0 Å². The monoisotopic (exact) mass is 371 g/mol. The van der Waals surface area contributed by atoms with Crippen LogP contribution >= 0.6 is 15.9 Å². The van der Waals surface area contributed by atoms with Gasteiger partial charge in [-0.2, -0.15) is 0 Å². The summed E-state index contributed by atoms with van der Waals surface area (Å²) in [6, 6.07) is 3.69. The number of alkyl carbamates (subject to hydrolysis) is 1. The molecule has 0 radical (unpaired) electrons. The SMILES string of the molecule is COc1cc(C=CCNC(=O)OC(C)(C)C)c(OC)cc1Br. The number of hydrogen-bond donors (Lipinski definition) is 1.